The Morgan fingerprint density at radius 3 is 2.89 bits per heavy atom. The van der Waals surface area contributed by atoms with Crippen molar-refractivity contribution in [3.63, 3.8) is 0 Å². The summed E-state index contributed by atoms with van der Waals surface area (Å²) in [5, 5.41) is 3.34. The predicted octanol–water partition coefficient (Wildman–Crippen LogP) is 2.94. The molecule has 0 unspecified atom stereocenters. The number of hydrogen-bond acceptors (Lipinski definition) is 4. The fourth-order valence-corrected chi connectivity index (χ4v) is 2.49. The normalized spacial score (nSPS) is 10.8. The zero-order chi connectivity index (χ0) is 13.8. The highest BCUT2D eigenvalue weighted by Gasteiger charge is 1.97. The van der Waals surface area contributed by atoms with Gasteiger partial charge < -0.3 is 14.8 Å². The van der Waals surface area contributed by atoms with Gasteiger partial charge >= 0.3 is 0 Å². The Morgan fingerprint density at radius 1 is 1.21 bits per heavy atom. The first-order chi connectivity index (χ1) is 9.36. The summed E-state index contributed by atoms with van der Waals surface area (Å²) in [5.41, 5.74) is 1.34. The molecule has 0 spiro atoms. The van der Waals surface area contributed by atoms with Crippen molar-refractivity contribution < 1.29 is 9.47 Å². The van der Waals surface area contributed by atoms with E-state index in [1.54, 1.807) is 7.11 Å². The Balaban J connectivity index is 2.14. The first kappa shape index (κ1) is 16.5. The number of thioether (sulfide) groups is 1. The molecule has 0 saturated heterocycles. The first-order valence-electron chi connectivity index (χ1n) is 6.86. The summed E-state index contributed by atoms with van der Waals surface area (Å²) in [6.45, 7) is 6.44. The lowest BCUT2D eigenvalue weighted by Crippen LogP contribution is -2.11. The molecule has 0 aliphatic heterocycles. The number of methoxy groups -OCH3 is 1. The van der Waals surface area contributed by atoms with Gasteiger partial charge in [0.05, 0.1) is 6.61 Å². The zero-order valence-electron chi connectivity index (χ0n) is 12.0. The van der Waals surface area contributed by atoms with Crippen LogP contribution in [0.15, 0.2) is 29.2 Å². The zero-order valence-corrected chi connectivity index (χ0v) is 12.8. The average molecular weight is 283 g/mol. The van der Waals surface area contributed by atoms with E-state index in [1.165, 1.54) is 10.5 Å². The van der Waals surface area contributed by atoms with Crippen LogP contribution in [-0.2, 0) is 16.0 Å². The third-order valence-electron chi connectivity index (χ3n) is 2.61. The summed E-state index contributed by atoms with van der Waals surface area (Å²) in [6, 6.07) is 8.69. The van der Waals surface area contributed by atoms with Gasteiger partial charge in [-0.15, -0.1) is 11.8 Å². The van der Waals surface area contributed by atoms with E-state index in [1.807, 2.05) is 11.8 Å². The van der Waals surface area contributed by atoms with E-state index in [2.05, 4.69) is 36.5 Å². The molecule has 1 aromatic carbocycles. The van der Waals surface area contributed by atoms with Gasteiger partial charge in [-0.2, -0.15) is 0 Å². The van der Waals surface area contributed by atoms with Crippen LogP contribution in [0, 0.1) is 0 Å². The molecule has 108 valence electrons. The largest absolute Gasteiger partial charge is 0.385 e. The second kappa shape index (κ2) is 11.3. The number of ether oxygens (including phenoxy) is 2. The van der Waals surface area contributed by atoms with Gasteiger partial charge in [-0.05, 0) is 30.7 Å². The summed E-state index contributed by atoms with van der Waals surface area (Å²) in [4.78, 5) is 1.32. The van der Waals surface area contributed by atoms with E-state index in [4.69, 9.17) is 9.47 Å². The molecule has 4 heteroatoms. The third-order valence-corrected chi connectivity index (χ3v) is 3.57. The van der Waals surface area contributed by atoms with Crippen molar-refractivity contribution in [2.75, 3.05) is 39.2 Å². The molecule has 0 aliphatic carbocycles. The topological polar surface area (TPSA) is 30.5 Å². The van der Waals surface area contributed by atoms with Crippen LogP contribution in [0.5, 0.6) is 0 Å². The van der Waals surface area contributed by atoms with E-state index in [0.717, 1.165) is 45.1 Å². The average Bonchev–Trinajstić information content (AvgIpc) is 2.44. The summed E-state index contributed by atoms with van der Waals surface area (Å²) in [7, 11) is 1.72. The van der Waals surface area contributed by atoms with Gasteiger partial charge in [0.1, 0.15) is 0 Å². The maximum atomic E-state index is 5.54. The molecular formula is C15H25NO2S. The Labute approximate surface area is 121 Å². The SMILES string of the molecule is CCNCc1cccc(SCCOCCCOC)c1. The van der Waals surface area contributed by atoms with E-state index in [-0.39, 0.29) is 0 Å². The van der Waals surface area contributed by atoms with Crippen molar-refractivity contribution in [3.8, 4) is 0 Å². The molecule has 0 heterocycles. The standard InChI is InChI=1S/C15H25NO2S/c1-3-16-13-14-6-4-7-15(12-14)19-11-10-18-9-5-8-17-2/h4,6-7,12,16H,3,5,8-11,13H2,1-2H3. The second-order valence-corrected chi connectivity index (χ2v) is 5.40. The molecule has 0 saturated carbocycles. The smallest absolute Gasteiger partial charge is 0.0560 e. The summed E-state index contributed by atoms with van der Waals surface area (Å²) >= 11 is 1.85. The number of rotatable bonds is 11. The fraction of sp³-hybridized carbons (Fsp3) is 0.600. The van der Waals surface area contributed by atoms with Crippen molar-refractivity contribution in [1.82, 2.24) is 5.32 Å². The summed E-state index contributed by atoms with van der Waals surface area (Å²) in [5.74, 6) is 0.998. The van der Waals surface area contributed by atoms with Gasteiger partial charge in [0, 0.05) is 37.5 Å². The van der Waals surface area contributed by atoms with Crippen molar-refractivity contribution >= 4 is 11.8 Å². The van der Waals surface area contributed by atoms with Crippen LogP contribution in [-0.4, -0.2) is 39.2 Å². The Bertz CT molecular complexity index is 334. The number of benzene rings is 1. The monoisotopic (exact) mass is 283 g/mol. The highest BCUT2D eigenvalue weighted by Crippen LogP contribution is 2.18. The van der Waals surface area contributed by atoms with Gasteiger partial charge in [-0.1, -0.05) is 19.1 Å². The van der Waals surface area contributed by atoms with Gasteiger partial charge in [-0.25, -0.2) is 0 Å². The van der Waals surface area contributed by atoms with Gasteiger partial charge in [0.25, 0.3) is 0 Å². The van der Waals surface area contributed by atoms with Gasteiger partial charge in [-0.3, -0.25) is 0 Å². The van der Waals surface area contributed by atoms with Crippen LogP contribution in [0.2, 0.25) is 0 Å². The molecule has 3 nitrogen and oxygen atoms in total. The van der Waals surface area contributed by atoms with Crippen molar-refractivity contribution in [1.29, 1.82) is 0 Å². The lowest BCUT2D eigenvalue weighted by atomic mass is 10.2. The molecule has 19 heavy (non-hydrogen) atoms. The quantitative estimate of drug-likeness (QED) is 0.500. The predicted molar refractivity (Wildman–Crippen MR) is 81.9 cm³/mol. The molecule has 1 N–H and O–H groups in total. The van der Waals surface area contributed by atoms with Crippen LogP contribution < -0.4 is 5.32 Å². The summed E-state index contributed by atoms with van der Waals surface area (Å²) in [6.07, 6.45) is 0.972. The van der Waals surface area contributed by atoms with Crippen LogP contribution in [0.1, 0.15) is 18.9 Å². The van der Waals surface area contributed by atoms with Crippen LogP contribution in [0.4, 0.5) is 0 Å². The molecule has 1 rings (SSSR count). The number of nitrogens with one attached hydrogen (secondary N) is 1. The van der Waals surface area contributed by atoms with Gasteiger partial charge in [0.2, 0.25) is 0 Å². The van der Waals surface area contributed by atoms with Crippen molar-refractivity contribution in [2.45, 2.75) is 24.8 Å². The molecule has 0 aliphatic rings. The third kappa shape index (κ3) is 8.26. The van der Waals surface area contributed by atoms with Crippen LogP contribution in [0.25, 0.3) is 0 Å². The molecule has 0 bridgehead atoms. The minimum Gasteiger partial charge on any atom is -0.385 e. The molecule has 0 atom stereocenters. The Hall–Kier alpha value is -0.550. The Kier molecular flexibility index (Phi) is 9.81. The highest BCUT2D eigenvalue weighted by atomic mass is 32.2. The second-order valence-electron chi connectivity index (χ2n) is 4.23. The maximum Gasteiger partial charge on any atom is 0.0560 e. The lowest BCUT2D eigenvalue weighted by molar-refractivity contribution is 0.113. The molecule has 0 fully saturated rings. The minimum absolute atomic E-state index is 0.777. The minimum atomic E-state index is 0.777. The van der Waals surface area contributed by atoms with Gasteiger partial charge in [0.15, 0.2) is 0 Å². The van der Waals surface area contributed by atoms with E-state index in [9.17, 15) is 0 Å². The Morgan fingerprint density at radius 2 is 2.11 bits per heavy atom. The van der Waals surface area contributed by atoms with Crippen LogP contribution in [0.3, 0.4) is 0 Å². The molecule has 0 aromatic heterocycles. The van der Waals surface area contributed by atoms with E-state index >= 15 is 0 Å². The molecule has 1 aromatic rings. The summed E-state index contributed by atoms with van der Waals surface area (Å²) < 4.78 is 10.5. The van der Waals surface area contributed by atoms with E-state index < -0.39 is 0 Å². The van der Waals surface area contributed by atoms with E-state index in [0.29, 0.717) is 0 Å². The molecular weight excluding hydrogens is 258 g/mol. The van der Waals surface area contributed by atoms with Crippen molar-refractivity contribution in [2.24, 2.45) is 0 Å². The highest BCUT2D eigenvalue weighted by molar-refractivity contribution is 7.99. The van der Waals surface area contributed by atoms with Crippen molar-refractivity contribution in [3.05, 3.63) is 29.8 Å². The fourth-order valence-electron chi connectivity index (χ4n) is 1.64. The molecule has 0 amide bonds. The molecule has 0 radical (unpaired) electrons. The number of hydrogen-bond donors (Lipinski definition) is 1. The lowest BCUT2D eigenvalue weighted by Gasteiger charge is -2.06. The maximum absolute atomic E-state index is 5.54. The first-order valence-corrected chi connectivity index (χ1v) is 7.84. The van der Waals surface area contributed by atoms with Crippen LogP contribution >= 0.6 is 11.8 Å².